The first-order valence-electron chi connectivity index (χ1n) is 7.74. The Kier molecular flexibility index (Phi) is 4.89. The Hall–Kier alpha value is -2.61. The predicted octanol–water partition coefficient (Wildman–Crippen LogP) is 2.23. The summed E-state index contributed by atoms with van der Waals surface area (Å²) in [5.41, 5.74) is 0.590. The third-order valence-corrected chi connectivity index (χ3v) is 4.15. The summed E-state index contributed by atoms with van der Waals surface area (Å²) in [6.07, 6.45) is -1.26. The van der Waals surface area contributed by atoms with E-state index in [4.69, 9.17) is 4.74 Å². The highest BCUT2D eigenvalue weighted by atomic mass is 19.3. The first kappa shape index (κ1) is 17.2. The minimum atomic E-state index is -2.94. The molecule has 1 aliphatic rings. The van der Waals surface area contributed by atoms with E-state index < -0.39 is 18.0 Å². The molecule has 0 spiro atoms. The maximum absolute atomic E-state index is 13.4. The Morgan fingerprint density at radius 2 is 2.20 bits per heavy atom. The Balaban J connectivity index is 2.03. The summed E-state index contributed by atoms with van der Waals surface area (Å²) in [4.78, 5) is 21.7. The molecule has 0 fully saturated rings. The van der Waals surface area contributed by atoms with Crippen LogP contribution in [0.1, 0.15) is 28.0 Å². The number of methoxy groups -OCH3 is 1. The summed E-state index contributed by atoms with van der Waals surface area (Å²) in [5.74, 6) is -0.781. The average Bonchev–Trinajstić information content (AvgIpc) is 2.65. The van der Waals surface area contributed by atoms with Crippen LogP contribution < -0.4 is 9.64 Å². The molecule has 1 amide bonds. The number of alkyl halides is 2. The second-order valence-corrected chi connectivity index (χ2v) is 5.75. The van der Waals surface area contributed by atoms with E-state index in [0.717, 1.165) is 11.8 Å². The number of halogens is 2. The predicted molar refractivity (Wildman–Crippen MR) is 85.9 cm³/mol. The first-order chi connectivity index (χ1) is 12.0. The van der Waals surface area contributed by atoms with Crippen molar-refractivity contribution in [2.45, 2.75) is 12.8 Å². The maximum atomic E-state index is 13.4. The van der Waals surface area contributed by atoms with Gasteiger partial charge in [0.15, 0.2) is 0 Å². The summed E-state index contributed by atoms with van der Waals surface area (Å²) in [5, 5.41) is 9.50. The van der Waals surface area contributed by atoms with Gasteiger partial charge in [0, 0.05) is 31.0 Å². The highest BCUT2D eigenvalue weighted by Crippen LogP contribution is 2.32. The van der Waals surface area contributed by atoms with Crippen LogP contribution in [-0.2, 0) is 6.42 Å². The van der Waals surface area contributed by atoms with Crippen LogP contribution in [-0.4, -0.2) is 41.2 Å². The number of carbonyl (C=O) groups is 1. The van der Waals surface area contributed by atoms with Gasteiger partial charge in [-0.2, -0.15) is 4.98 Å². The monoisotopic (exact) mass is 349 g/mol. The topological polar surface area (TPSA) is 75.5 Å². The van der Waals surface area contributed by atoms with Gasteiger partial charge in [-0.3, -0.25) is 4.79 Å². The van der Waals surface area contributed by atoms with E-state index >= 15 is 0 Å². The number of amides is 1. The molecule has 1 unspecified atom stereocenters. The number of carbonyl (C=O) groups excluding carboxylic acids is 1. The molecule has 0 bridgehead atoms. The van der Waals surface area contributed by atoms with E-state index in [1.807, 2.05) is 12.1 Å². The average molecular weight is 349 g/mol. The number of ether oxygens (including phenoxy) is 1. The molecule has 0 saturated carbocycles. The van der Waals surface area contributed by atoms with Crippen LogP contribution in [0.3, 0.4) is 0 Å². The summed E-state index contributed by atoms with van der Waals surface area (Å²) in [6, 6.07) is 7.00. The molecule has 1 aliphatic heterocycles. The fourth-order valence-electron chi connectivity index (χ4n) is 2.95. The van der Waals surface area contributed by atoms with Crippen molar-refractivity contribution in [3.05, 3.63) is 47.3 Å². The van der Waals surface area contributed by atoms with E-state index in [1.54, 1.807) is 12.1 Å². The number of hydrogen-bond donors (Lipinski definition) is 1. The van der Waals surface area contributed by atoms with E-state index in [1.165, 1.54) is 12.0 Å². The number of rotatable bonds is 4. The normalized spacial score (nSPS) is 16.7. The van der Waals surface area contributed by atoms with Gasteiger partial charge in [0.25, 0.3) is 12.3 Å². The third-order valence-electron chi connectivity index (χ3n) is 4.15. The number of nitrogens with zero attached hydrogens (tertiary/aromatic N) is 3. The smallest absolute Gasteiger partial charge is 0.316 e. The Labute approximate surface area is 143 Å². The van der Waals surface area contributed by atoms with Gasteiger partial charge in [-0.15, -0.1) is 0 Å². The summed E-state index contributed by atoms with van der Waals surface area (Å²) < 4.78 is 31.5. The molecule has 2 heterocycles. The molecule has 0 aliphatic carbocycles. The first-order valence-corrected chi connectivity index (χ1v) is 7.74. The van der Waals surface area contributed by atoms with Gasteiger partial charge in [0.2, 0.25) is 0 Å². The van der Waals surface area contributed by atoms with Gasteiger partial charge in [0.05, 0.1) is 12.7 Å². The lowest BCUT2D eigenvalue weighted by molar-refractivity contribution is 0.0956. The second-order valence-electron chi connectivity index (χ2n) is 5.75. The number of aromatic nitrogens is 2. The van der Waals surface area contributed by atoms with Crippen molar-refractivity contribution in [3.63, 3.8) is 0 Å². The maximum Gasteiger partial charge on any atom is 0.316 e. The van der Waals surface area contributed by atoms with Crippen molar-refractivity contribution in [1.29, 1.82) is 0 Å². The lowest BCUT2D eigenvalue weighted by atomic mass is 9.92. The largest absolute Gasteiger partial charge is 0.467 e. The lowest BCUT2D eigenvalue weighted by Gasteiger charge is -2.34. The summed E-state index contributed by atoms with van der Waals surface area (Å²) in [6.45, 7) is 0.139. The van der Waals surface area contributed by atoms with E-state index in [0.29, 0.717) is 12.1 Å². The van der Waals surface area contributed by atoms with Crippen LogP contribution in [0.2, 0.25) is 0 Å². The van der Waals surface area contributed by atoms with Crippen molar-refractivity contribution in [1.82, 2.24) is 9.97 Å². The summed E-state index contributed by atoms with van der Waals surface area (Å²) in [7, 11) is 1.26. The van der Waals surface area contributed by atoms with Gasteiger partial charge in [-0.25, -0.2) is 13.8 Å². The van der Waals surface area contributed by atoms with Crippen molar-refractivity contribution in [2.75, 3.05) is 25.2 Å². The Morgan fingerprint density at radius 3 is 2.88 bits per heavy atom. The zero-order valence-corrected chi connectivity index (χ0v) is 13.5. The van der Waals surface area contributed by atoms with Crippen molar-refractivity contribution >= 4 is 11.6 Å². The van der Waals surface area contributed by atoms with E-state index in [2.05, 4.69) is 9.97 Å². The quantitative estimate of drug-likeness (QED) is 0.916. The van der Waals surface area contributed by atoms with Crippen LogP contribution >= 0.6 is 0 Å². The van der Waals surface area contributed by atoms with E-state index in [-0.39, 0.29) is 30.6 Å². The molecule has 1 aromatic heterocycles. The molecule has 1 aromatic carbocycles. The van der Waals surface area contributed by atoms with Crippen molar-refractivity contribution in [2.24, 2.45) is 5.92 Å². The van der Waals surface area contributed by atoms with Crippen LogP contribution in [0.4, 0.5) is 14.5 Å². The van der Waals surface area contributed by atoms with Crippen LogP contribution in [0.5, 0.6) is 6.01 Å². The molecule has 0 radical (unpaired) electrons. The molecule has 132 valence electrons. The van der Waals surface area contributed by atoms with E-state index in [9.17, 15) is 18.7 Å². The standard InChI is InChI=1S/C17H17F2N3O3/c1-25-17-20-7-12(14(21-17)15(18)19)16(24)22-8-10(9-23)6-11-4-2-3-5-13(11)22/h2-5,7,10,15,23H,6,8-9H2,1H3. The van der Waals surface area contributed by atoms with Crippen molar-refractivity contribution < 1.29 is 23.4 Å². The molecule has 3 rings (SSSR count). The Morgan fingerprint density at radius 1 is 1.44 bits per heavy atom. The number of hydrogen-bond acceptors (Lipinski definition) is 5. The number of benzene rings is 1. The summed E-state index contributed by atoms with van der Waals surface area (Å²) >= 11 is 0. The highest BCUT2D eigenvalue weighted by Gasteiger charge is 2.32. The highest BCUT2D eigenvalue weighted by molar-refractivity contribution is 6.07. The third kappa shape index (κ3) is 3.30. The van der Waals surface area contributed by atoms with Gasteiger partial charge < -0.3 is 14.7 Å². The molecule has 1 N–H and O–H groups in total. The van der Waals surface area contributed by atoms with Crippen LogP contribution in [0.25, 0.3) is 0 Å². The molecule has 1 atom stereocenters. The Bertz CT molecular complexity index is 785. The zero-order chi connectivity index (χ0) is 18.0. The number of fused-ring (bicyclic) bond motifs is 1. The minimum absolute atomic E-state index is 0.0983. The number of anilines is 1. The van der Waals surface area contributed by atoms with Gasteiger partial charge in [0.1, 0.15) is 5.69 Å². The number of aliphatic hydroxyl groups excluding tert-OH is 1. The lowest BCUT2D eigenvalue weighted by Crippen LogP contribution is -2.41. The minimum Gasteiger partial charge on any atom is -0.467 e. The zero-order valence-electron chi connectivity index (χ0n) is 13.5. The molecule has 6 nitrogen and oxygen atoms in total. The van der Waals surface area contributed by atoms with Gasteiger partial charge >= 0.3 is 6.01 Å². The molecule has 0 saturated heterocycles. The van der Waals surface area contributed by atoms with Gasteiger partial charge in [-0.05, 0) is 18.1 Å². The molecular formula is C17H17F2N3O3. The second kappa shape index (κ2) is 7.10. The molecule has 25 heavy (non-hydrogen) atoms. The molecule has 8 heteroatoms. The molecule has 2 aromatic rings. The SMILES string of the molecule is COc1ncc(C(=O)N2CC(CO)Cc3ccccc32)c(C(F)F)n1. The van der Waals surface area contributed by atoms with Crippen LogP contribution in [0.15, 0.2) is 30.5 Å². The van der Waals surface area contributed by atoms with Crippen molar-refractivity contribution in [3.8, 4) is 6.01 Å². The van der Waals surface area contributed by atoms with Gasteiger partial charge in [-0.1, -0.05) is 18.2 Å². The fraction of sp³-hybridized carbons (Fsp3) is 0.353. The molecular weight excluding hydrogens is 332 g/mol. The number of para-hydroxylation sites is 1. The number of aliphatic hydroxyl groups is 1. The fourth-order valence-corrected chi connectivity index (χ4v) is 2.95. The van der Waals surface area contributed by atoms with Crippen LogP contribution in [0, 0.1) is 5.92 Å².